The summed E-state index contributed by atoms with van der Waals surface area (Å²) >= 11 is 0. The molecule has 2 heterocycles. The van der Waals surface area contributed by atoms with E-state index in [4.69, 9.17) is 0 Å². The zero-order chi connectivity index (χ0) is 17.6. The van der Waals surface area contributed by atoms with Gasteiger partial charge in [-0.15, -0.1) is 0 Å². The van der Waals surface area contributed by atoms with Crippen molar-refractivity contribution in [3.63, 3.8) is 0 Å². The summed E-state index contributed by atoms with van der Waals surface area (Å²) in [6.45, 7) is 6.42. The van der Waals surface area contributed by atoms with Gasteiger partial charge in [0.1, 0.15) is 0 Å². The van der Waals surface area contributed by atoms with Crippen LogP contribution in [-0.2, 0) is 13.0 Å². The Morgan fingerprint density at radius 2 is 1.96 bits per heavy atom. The quantitative estimate of drug-likeness (QED) is 0.877. The SMILES string of the molecule is CCc1ccccc1NC(=O)NCc1cc(C)nc(N2CCCC2)n1. The van der Waals surface area contributed by atoms with Gasteiger partial charge in [0.2, 0.25) is 5.95 Å². The number of nitrogens with one attached hydrogen (secondary N) is 2. The van der Waals surface area contributed by atoms with Crippen LogP contribution in [-0.4, -0.2) is 29.1 Å². The molecule has 1 saturated heterocycles. The van der Waals surface area contributed by atoms with Crippen LogP contribution >= 0.6 is 0 Å². The zero-order valence-corrected chi connectivity index (χ0v) is 14.9. The molecule has 0 spiro atoms. The van der Waals surface area contributed by atoms with E-state index in [0.717, 1.165) is 48.1 Å². The minimum absolute atomic E-state index is 0.222. The first-order valence-corrected chi connectivity index (χ1v) is 8.88. The van der Waals surface area contributed by atoms with Crippen molar-refractivity contribution in [2.75, 3.05) is 23.3 Å². The van der Waals surface area contributed by atoms with E-state index < -0.39 is 0 Å². The van der Waals surface area contributed by atoms with Crippen LogP contribution < -0.4 is 15.5 Å². The molecule has 132 valence electrons. The Morgan fingerprint density at radius 3 is 2.72 bits per heavy atom. The van der Waals surface area contributed by atoms with Crippen LogP contribution in [0.15, 0.2) is 30.3 Å². The van der Waals surface area contributed by atoms with E-state index >= 15 is 0 Å². The number of carbonyl (C=O) groups excluding carboxylic acids is 1. The molecule has 0 radical (unpaired) electrons. The summed E-state index contributed by atoms with van der Waals surface area (Å²) in [6.07, 6.45) is 3.25. The van der Waals surface area contributed by atoms with Crippen molar-refractivity contribution in [2.24, 2.45) is 0 Å². The van der Waals surface area contributed by atoms with Crippen LogP contribution in [0.2, 0.25) is 0 Å². The number of carbonyl (C=O) groups is 1. The Morgan fingerprint density at radius 1 is 1.20 bits per heavy atom. The van der Waals surface area contributed by atoms with Gasteiger partial charge in [0, 0.05) is 24.5 Å². The number of anilines is 2. The van der Waals surface area contributed by atoms with Crippen LogP contribution in [0.3, 0.4) is 0 Å². The minimum Gasteiger partial charge on any atom is -0.341 e. The molecule has 6 nitrogen and oxygen atoms in total. The third-order valence-electron chi connectivity index (χ3n) is 4.36. The number of aryl methyl sites for hydroxylation is 2. The van der Waals surface area contributed by atoms with Crippen molar-refractivity contribution >= 4 is 17.7 Å². The van der Waals surface area contributed by atoms with Crippen LogP contribution in [0, 0.1) is 6.92 Å². The van der Waals surface area contributed by atoms with Gasteiger partial charge >= 0.3 is 6.03 Å². The lowest BCUT2D eigenvalue weighted by molar-refractivity contribution is 0.251. The molecule has 1 aliphatic rings. The van der Waals surface area contributed by atoms with Gasteiger partial charge in [0.25, 0.3) is 0 Å². The molecule has 2 amide bonds. The van der Waals surface area contributed by atoms with Crippen molar-refractivity contribution in [2.45, 2.75) is 39.7 Å². The smallest absolute Gasteiger partial charge is 0.319 e. The standard InChI is InChI=1S/C19H25N5O/c1-3-15-8-4-5-9-17(15)23-19(25)20-13-16-12-14(2)21-18(22-16)24-10-6-7-11-24/h4-5,8-9,12H,3,6-7,10-11,13H2,1-2H3,(H2,20,23,25). The predicted octanol–water partition coefficient (Wildman–Crippen LogP) is 3.27. The highest BCUT2D eigenvalue weighted by molar-refractivity contribution is 5.90. The second-order valence-electron chi connectivity index (χ2n) is 6.31. The lowest BCUT2D eigenvalue weighted by atomic mass is 10.1. The van der Waals surface area contributed by atoms with Crippen LogP contribution in [0.25, 0.3) is 0 Å². The highest BCUT2D eigenvalue weighted by Gasteiger charge is 2.16. The summed E-state index contributed by atoms with van der Waals surface area (Å²) < 4.78 is 0. The van der Waals surface area contributed by atoms with Gasteiger partial charge in [-0.3, -0.25) is 0 Å². The van der Waals surface area contributed by atoms with E-state index in [1.165, 1.54) is 12.8 Å². The van der Waals surface area contributed by atoms with E-state index in [2.05, 4.69) is 32.4 Å². The van der Waals surface area contributed by atoms with Crippen molar-refractivity contribution in [3.05, 3.63) is 47.3 Å². The highest BCUT2D eigenvalue weighted by atomic mass is 16.2. The van der Waals surface area contributed by atoms with Gasteiger partial charge < -0.3 is 15.5 Å². The summed E-state index contributed by atoms with van der Waals surface area (Å²) in [7, 11) is 0. The van der Waals surface area contributed by atoms with E-state index in [1.54, 1.807) is 0 Å². The fourth-order valence-corrected chi connectivity index (χ4v) is 3.05. The van der Waals surface area contributed by atoms with Crippen LogP contribution in [0.5, 0.6) is 0 Å². The Hall–Kier alpha value is -2.63. The first-order valence-electron chi connectivity index (χ1n) is 8.88. The number of hydrogen-bond acceptors (Lipinski definition) is 4. The van der Waals surface area contributed by atoms with Gasteiger partial charge in [-0.2, -0.15) is 0 Å². The zero-order valence-electron chi connectivity index (χ0n) is 14.9. The molecular formula is C19H25N5O. The second-order valence-corrected chi connectivity index (χ2v) is 6.31. The number of aromatic nitrogens is 2. The summed E-state index contributed by atoms with van der Waals surface area (Å²) in [5.41, 5.74) is 3.71. The van der Waals surface area contributed by atoms with Crippen molar-refractivity contribution in [1.82, 2.24) is 15.3 Å². The van der Waals surface area contributed by atoms with Crippen LogP contribution in [0.1, 0.15) is 36.7 Å². The molecule has 2 aromatic rings. The first-order chi connectivity index (χ1) is 12.2. The number of urea groups is 1. The number of nitrogens with zero attached hydrogens (tertiary/aromatic N) is 3. The molecule has 0 saturated carbocycles. The molecule has 1 fully saturated rings. The molecule has 1 aromatic carbocycles. The molecule has 0 unspecified atom stereocenters. The molecule has 0 aliphatic carbocycles. The Kier molecular flexibility index (Phi) is 5.48. The van der Waals surface area contributed by atoms with Crippen molar-refractivity contribution in [1.29, 1.82) is 0 Å². The molecule has 25 heavy (non-hydrogen) atoms. The van der Waals surface area contributed by atoms with E-state index in [9.17, 15) is 4.79 Å². The molecule has 2 N–H and O–H groups in total. The van der Waals surface area contributed by atoms with E-state index in [-0.39, 0.29) is 6.03 Å². The van der Waals surface area contributed by atoms with Gasteiger partial charge in [0.15, 0.2) is 0 Å². The normalized spacial score (nSPS) is 13.8. The number of rotatable bonds is 5. The first kappa shape index (κ1) is 17.2. The minimum atomic E-state index is -0.222. The molecule has 6 heteroatoms. The van der Waals surface area contributed by atoms with Crippen LogP contribution in [0.4, 0.5) is 16.4 Å². The Labute approximate surface area is 148 Å². The molecule has 3 rings (SSSR count). The predicted molar refractivity (Wildman–Crippen MR) is 99.9 cm³/mol. The summed E-state index contributed by atoms with van der Waals surface area (Å²) in [4.78, 5) is 23.5. The lowest BCUT2D eigenvalue weighted by Crippen LogP contribution is -2.29. The van der Waals surface area contributed by atoms with Gasteiger partial charge in [-0.05, 0) is 43.9 Å². The topological polar surface area (TPSA) is 70.2 Å². The molecule has 0 atom stereocenters. The third kappa shape index (κ3) is 4.47. The lowest BCUT2D eigenvalue weighted by Gasteiger charge is -2.17. The molecule has 0 bridgehead atoms. The van der Waals surface area contributed by atoms with Crippen molar-refractivity contribution < 1.29 is 4.79 Å². The second kappa shape index (κ2) is 7.96. The maximum atomic E-state index is 12.2. The number of hydrogen-bond donors (Lipinski definition) is 2. The number of para-hydroxylation sites is 1. The summed E-state index contributed by atoms with van der Waals surface area (Å²) in [6, 6.07) is 9.53. The Bertz CT molecular complexity index is 740. The Balaban J connectivity index is 1.62. The van der Waals surface area contributed by atoms with Gasteiger partial charge in [-0.25, -0.2) is 14.8 Å². The summed E-state index contributed by atoms with van der Waals surface area (Å²) in [5, 5.41) is 5.80. The monoisotopic (exact) mass is 339 g/mol. The van der Waals surface area contributed by atoms with E-state index in [1.807, 2.05) is 37.3 Å². The largest absolute Gasteiger partial charge is 0.341 e. The third-order valence-corrected chi connectivity index (χ3v) is 4.36. The molecule has 1 aromatic heterocycles. The van der Waals surface area contributed by atoms with Gasteiger partial charge in [-0.1, -0.05) is 25.1 Å². The fraction of sp³-hybridized carbons (Fsp3) is 0.421. The summed E-state index contributed by atoms with van der Waals surface area (Å²) in [5.74, 6) is 0.769. The highest BCUT2D eigenvalue weighted by Crippen LogP contribution is 2.17. The van der Waals surface area contributed by atoms with E-state index in [0.29, 0.717) is 6.54 Å². The molecule has 1 aliphatic heterocycles. The number of amides is 2. The van der Waals surface area contributed by atoms with Crippen molar-refractivity contribution in [3.8, 4) is 0 Å². The maximum absolute atomic E-state index is 12.2. The molecular weight excluding hydrogens is 314 g/mol. The average molecular weight is 339 g/mol. The maximum Gasteiger partial charge on any atom is 0.319 e. The number of benzene rings is 1. The van der Waals surface area contributed by atoms with Gasteiger partial charge in [0.05, 0.1) is 12.2 Å². The average Bonchev–Trinajstić information content (AvgIpc) is 3.15. The fourth-order valence-electron chi connectivity index (χ4n) is 3.05.